The Morgan fingerprint density at radius 2 is 1.81 bits per heavy atom. The summed E-state index contributed by atoms with van der Waals surface area (Å²) in [6, 6.07) is 8.64. The molecule has 1 aromatic carbocycles. The highest BCUT2D eigenvalue weighted by molar-refractivity contribution is 5.81. The number of hydrogen-bond acceptors (Lipinski definition) is 4. The van der Waals surface area contributed by atoms with Crippen molar-refractivity contribution in [2.45, 2.75) is 52.4 Å². The van der Waals surface area contributed by atoms with E-state index in [-0.39, 0.29) is 6.61 Å². The fraction of sp³-hybridized carbons (Fsp3) is 0.500. The molecule has 0 aromatic heterocycles. The maximum Gasteiger partial charge on any atom is 0.408 e. The highest BCUT2D eigenvalue weighted by Gasteiger charge is 2.25. The van der Waals surface area contributed by atoms with Crippen LogP contribution in [0.25, 0.3) is 0 Å². The van der Waals surface area contributed by atoms with Gasteiger partial charge >= 0.3 is 12.1 Å². The number of nitrogens with one attached hydrogen (secondary N) is 1. The Hall–Kier alpha value is -2.04. The van der Waals surface area contributed by atoms with Crippen molar-refractivity contribution in [3.8, 4) is 0 Å². The number of alkyl carbamates (subject to hydrolysis) is 1. The summed E-state index contributed by atoms with van der Waals surface area (Å²) in [7, 11) is 0. The zero-order chi connectivity index (χ0) is 15.9. The molecule has 0 spiro atoms. The first-order valence-corrected chi connectivity index (χ1v) is 7.02. The first-order chi connectivity index (χ1) is 9.81. The molecular weight excluding hydrogens is 270 g/mol. The summed E-state index contributed by atoms with van der Waals surface area (Å²) < 4.78 is 10.3. The Kier molecular flexibility index (Phi) is 6.21. The van der Waals surface area contributed by atoms with Gasteiger partial charge in [0, 0.05) is 0 Å². The average Bonchev–Trinajstić information content (AvgIpc) is 2.41. The van der Waals surface area contributed by atoms with Crippen molar-refractivity contribution in [3.05, 3.63) is 35.9 Å². The highest BCUT2D eigenvalue weighted by Crippen LogP contribution is 2.10. The maximum absolute atomic E-state index is 11.9. The minimum absolute atomic E-state index is 0.164. The number of rotatable bonds is 5. The Morgan fingerprint density at radius 1 is 1.19 bits per heavy atom. The molecule has 116 valence electrons. The molecule has 1 aromatic rings. The molecule has 1 amide bonds. The van der Waals surface area contributed by atoms with Crippen LogP contribution in [0.2, 0.25) is 0 Å². The number of ether oxygens (including phenoxy) is 2. The lowest BCUT2D eigenvalue weighted by atomic mass is 10.1. The van der Waals surface area contributed by atoms with Gasteiger partial charge in [-0.15, -0.1) is 0 Å². The molecule has 0 fully saturated rings. The molecule has 1 rings (SSSR count). The van der Waals surface area contributed by atoms with E-state index in [9.17, 15) is 9.59 Å². The van der Waals surface area contributed by atoms with E-state index in [1.54, 1.807) is 27.7 Å². The summed E-state index contributed by atoms with van der Waals surface area (Å²) in [4.78, 5) is 23.6. The van der Waals surface area contributed by atoms with E-state index in [2.05, 4.69) is 5.32 Å². The van der Waals surface area contributed by atoms with Gasteiger partial charge in [-0.1, -0.05) is 37.3 Å². The van der Waals surface area contributed by atoms with Crippen LogP contribution in [0.5, 0.6) is 0 Å². The first kappa shape index (κ1) is 17.0. The molecule has 0 heterocycles. The van der Waals surface area contributed by atoms with Crippen molar-refractivity contribution in [2.24, 2.45) is 0 Å². The van der Waals surface area contributed by atoms with Crippen LogP contribution in [-0.2, 0) is 20.9 Å². The van der Waals surface area contributed by atoms with Gasteiger partial charge in [0.25, 0.3) is 0 Å². The van der Waals surface area contributed by atoms with Crippen LogP contribution < -0.4 is 5.32 Å². The number of carbonyl (C=O) groups excluding carboxylic acids is 2. The molecule has 0 aliphatic heterocycles. The molecule has 0 aliphatic carbocycles. The Labute approximate surface area is 125 Å². The summed E-state index contributed by atoms with van der Waals surface area (Å²) in [6.45, 7) is 7.31. The smallest absolute Gasteiger partial charge is 0.408 e. The van der Waals surface area contributed by atoms with Gasteiger partial charge in [0.15, 0.2) is 0 Å². The summed E-state index contributed by atoms with van der Waals surface area (Å²) in [5, 5.41) is 2.52. The Morgan fingerprint density at radius 3 is 2.33 bits per heavy atom. The molecule has 5 nitrogen and oxygen atoms in total. The van der Waals surface area contributed by atoms with E-state index in [1.807, 2.05) is 30.3 Å². The largest absolute Gasteiger partial charge is 0.458 e. The van der Waals surface area contributed by atoms with Gasteiger partial charge in [-0.2, -0.15) is 0 Å². The van der Waals surface area contributed by atoms with Crippen molar-refractivity contribution in [3.63, 3.8) is 0 Å². The van der Waals surface area contributed by atoms with Gasteiger partial charge in [-0.3, -0.25) is 0 Å². The normalized spacial score (nSPS) is 12.4. The van der Waals surface area contributed by atoms with Crippen LogP contribution in [0.15, 0.2) is 30.3 Å². The van der Waals surface area contributed by atoms with E-state index < -0.39 is 23.7 Å². The molecule has 21 heavy (non-hydrogen) atoms. The lowest BCUT2D eigenvalue weighted by Gasteiger charge is -2.23. The zero-order valence-corrected chi connectivity index (χ0v) is 13.0. The SMILES string of the molecule is CCC(NC(=O)OCc1ccccc1)C(=O)OC(C)(C)C. The second kappa shape index (κ2) is 7.67. The third-order valence-electron chi connectivity index (χ3n) is 2.60. The molecule has 0 saturated heterocycles. The van der Waals surface area contributed by atoms with Gasteiger partial charge in [-0.25, -0.2) is 9.59 Å². The van der Waals surface area contributed by atoms with E-state index >= 15 is 0 Å². The molecule has 0 radical (unpaired) electrons. The summed E-state index contributed by atoms with van der Waals surface area (Å²) >= 11 is 0. The van der Waals surface area contributed by atoms with Crippen LogP contribution in [-0.4, -0.2) is 23.7 Å². The fourth-order valence-electron chi connectivity index (χ4n) is 1.61. The molecule has 0 saturated carbocycles. The lowest BCUT2D eigenvalue weighted by Crippen LogP contribution is -2.43. The van der Waals surface area contributed by atoms with Crippen molar-refractivity contribution in [1.82, 2.24) is 5.32 Å². The number of amides is 1. The van der Waals surface area contributed by atoms with E-state index in [0.29, 0.717) is 6.42 Å². The number of benzene rings is 1. The quantitative estimate of drug-likeness (QED) is 0.847. The molecule has 0 bridgehead atoms. The van der Waals surface area contributed by atoms with Crippen LogP contribution in [0.3, 0.4) is 0 Å². The summed E-state index contributed by atoms with van der Waals surface area (Å²) in [6.07, 6.45) is -0.188. The van der Waals surface area contributed by atoms with Crippen LogP contribution in [0.1, 0.15) is 39.7 Å². The predicted molar refractivity (Wildman–Crippen MR) is 79.7 cm³/mol. The van der Waals surface area contributed by atoms with E-state index in [4.69, 9.17) is 9.47 Å². The monoisotopic (exact) mass is 293 g/mol. The molecule has 1 atom stereocenters. The second-order valence-corrected chi connectivity index (χ2v) is 5.70. The Balaban J connectivity index is 2.45. The molecule has 5 heteroatoms. The minimum atomic E-state index is -0.701. The zero-order valence-electron chi connectivity index (χ0n) is 13.0. The van der Waals surface area contributed by atoms with Crippen LogP contribution in [0, 0.1) is 0 Å². The fourth-order valence-corrected chi connectivity index (χ4v) is 1.61. The minimum Gasteiger partial charge on any atom is -0.458 e. The third kappa shape index (κ3) is 6.79. The van der Waals surface area contributed by atoms with Gasteiger partial charge in [-0.05, 0) is 32.8 Å². The second-order valence-electron chi connectivity index (χ2n) is 5.70. The maximum atomic E-state index is 11.9. The Bertz CT molecular complexity index is 465. The van der Waals surface area contributed by atoms with Crippen LogP contribution in [0.4, 0.5) is 4.79 Å². The third-order valence-corrected chi connectivity index (χ3v) is 2.60. The van der Waals surface area contributed by atoms with E-state index in [1.165, 1.54) is 0 Å². The van der Waals surface area contributed by atoms with Gasteiger partial charge in [0.2, 0.25) is 0 Å². The average molecular weight is 293 g/mol. The standard InChI is InChI=1S/C16H23NO4/c1-5-13(14(18)21-16(2,3)4)17-15(19)20-11-12-9-7-6-8-10-12/h6-10,13H,5,11H2,1-4H3,(H,17,19). The number of hydrogen-bond donors (Lipinski definition) is 1. The molecule has 0 aliphatic rings. The predicted octanol–water partition coefficient (Wildman–Crippen LogP) is 3.03. The molecule has 1 unspecified atom stereocenters. The lowest BCUT2D eigenvalue weighted by molar-refractivity contribution is -0.157. The molecular formula is C16H23NO4. The first-order valence-electron chi connectivity index (χ1n) is 7.02. The highest BCUT2D eigenvalue weighted by atomic mass is 16.6. The van der Waals surface area contributed by atoms with Crippen LogP contribution >= 0.6 is 0 Å². The van der Waals surface area contributed by atoms with Crippen molar-refractivity contribution in [2.75, 3.05) is 0 Å². The summed E-state index contributed by atoms with van der Waals surface area (Å²) in [5.74, 6) is -0.457. The topological polar surface area (TPSA) is 64.6 Å². The van der Waals surface area contributed by atoms with Gasteiger partial charge in [0.05, 0.1) is 0 Å². The number of carbonyl (C=O) groups is 2. The van der Waals surface area contributed by atoms with Gasteiger partial charge in [0.1, 0.15) is 18.2 Å². The van der Waals surface area contributed by atoms with Crippen molar-refractivity contribution >= 4 is 12.1 Å². The van der Waals surface area contributed by atoms with E-state index in [0.717, 1.165) is 5.56 Å². The summed E-state index contributed by atoms with van der Waals surface area (Å²) in [5.41, 5.74) is 0.304. The van der Waals surface area contributed by atoms with Crippen molar-refractivity contribution in [1.29, 1.82) is 0 Å². The van der Waals surface area contributed by atoms with Gasteiger partial charge < -0.3 is 14.8 Å². The number of esters is 1. The molecule has 1 N–H and O–H groups in total. The van der Waals surface area contributed by atoms with Crippen molar-refractivity contribution < 1.29 is 19.1 Å².